The minimum absolute atomic E-state index is 0.354. The third kappa shape index (κ3) is 3.26. The molecule has 1 unspecified atom stereocenters. The molecule has 0 spiro atoms. The van der Waals surface area contributed by atoms with Gasteiger partial charge < -0.3 is 5.32 Å². The quantitative estimate of drug-likeness (QED) is 0.922. The van der Waals surface area contributed by atoms with Crippen molar-refractivity contribution in [1.29, 1.82) is 0 Å². The first-order valence-corrected chi connectivity index (χ1v) is 6.57. The number of nitrogens with one attached hydrogen (secondary N) is 1. The molecule has 0 aliphatic heterocycles. The Balaban J connectivity index is 2.35. The van der Waals surface area contributed by atoms with E-state index in [4.69, 9.17) is 11.6 Å². The van der Waals surface area contributed by atoms with E-state index in [1.54, 1.807) is 31.3 Å². The van der Waals surface area contributed by atoms with E-state index in [1.807, 2.05) is 0 Å². The first-order valence-electron chi connectivity index (χ1n) is 5.37. The summed E-state index contributed by atoms with van der Waals surface area (Å²) in [5.41, 5.74) is 0.798. The van der Waals surface area contributed by atoms with Crippen LogP contribution in [0.25, 0.3) is 0 Å². The highest BCUT2D eigenvalue weighted by Gasteiger charge is 2.35. The monoisotopic (exact) mass is 306 g/mol. The molecule has 1 aromatic carbocycles. The maximum Gasteiger partial charge on any atom is 0.443 e. The summed E-state index contributed by atoms with van der Waals surface area (Å²) < 4.78 is 37.6. The van der Waals surface area contributed by atoms with Gasteiger partial charge in [-0.2, -0.15) is 13.2 Å². The van der Waals surface area contributed by atoms with Crippen LogP contribution in [0, 0.1) is 0 Å². The molecule has 7 heteroatoms. The van der Waals surface area contributed by atoms with Crippen LogP contribution in [0.4, 0.5) is 13.2 Å². The van der Waals surface area contributed by atoms with Crippen LogP contribution < -0.4 is 5.32 Å². The van der Waals surface area contributed by atoms with Gasteiger partial charge in [0.25, 0.3) is 0 Å². The molecular formula is C12H10ClF3N2S. The molecule has 2 aromatic rings. The van der Waals surface area contributed by atoms with Crippen molar-refractivity contribution in [3.63, 3.8) is 0 Å². The summed E-state index contributed by atoms with van der Waals surface area (Å²) in [7, 11) is 1.68. The van der Waals surface area contributed by atoms with E-state index in [1.165, 1.54) is 6.20 Å². The molecule has 0 aliphatic rings. The Morgan fingerprint density at radius 2 is 2.11 bits per heavy atom. The Hall–Kier alpha value is -1.11. The zero-order chi connectivity index (χ0) is 14.0. The van der Waals surface area contributed by atoms with E-state index in [2.05, 4.69) is 10.3 Å². The maximum absolute atomic E-state index is 12.5. The molecule has 0 aliphatic carbocycles. The second-order valence-corrected chi connectivity index (χ2v) is 5.34. The minimum Gasteiger partial charge on any atom is -0.309 e. The first-order chi connectivity index (χ1) is 8.91. The summed E-state index contributed by atoms with van der Waals surface area (Å²) in [6.45, 7) is 0. The average Bonchev–Trinajstić information content (AvgIpc) is 2.79. The molecule has 0 bridgehead atoms. The molecule has 2 rings (SSSR count). The first kappa shape index (κ1) is 14.3. The van der Waals surface area contributed by atoms with E-state index < -0.39 is 11.2 Å². The number of thiazole rings is 1. The molecular weight excluding hydrogens is 297 g/mol. The van der Waals surface area contributed by atoms with Crippen LogP contribution in [0.5, 0.6) is 0 Å². The van der Waals surface area contributed by atoms with Crippen LogP contribution in [0.15, 0.2) is 30.5 Å². The average molecular weight is 307 g/mol. The van der Waals surface area contributed by atoms with Gasteiger partial charge in [-0.1, -0.05) is 23.7 Å². The zero-order valence-corrected chi connectivity index (χ0v) is 11.4. The number of hydrogen-bond donors (Lipinski definition) is 1. The summed E-state index contributed by atoms with van der Waals surface area (Å²) in [5.74, 6) is 0. The zero-order valence-electron chi connectivity index (χ0n) is 9.83. The van der Waals surface area contributed by atoms with Crippen molar-refractivity contribution in [2.45, 2.75) is 12.2 Å². The van der Waals surface area contributed by atoms with Crippen LogP contribution in [0.2, 0.25) is 5.02 Å². The second kappa shape index (κ2) is 5.48. The summed E-state index contributed by atoms with van der Waals surface area (Å²) in [4.78, 5) is 3.92. The molecule has 1 aromatic heterocycles. The molecule has 0 radical (unpaired) electrons. The van der Waals surface area contributed by atoms with E-state index in [0.717, 1.165) is 5.56 Å². The molecule has 1 atom stereocenters. The smallest absolute Gasteiger partial charge is 0.309 e. The molecule has 0 amide bonds. The number of alkyl halides is 3. The lowest BCUT2D eigenvalue weighted by atomic mass is 10.1. The fourth-order valence-electron chi connectivity index (χ4n) is 1.71. The van der Waals surface area contributed by atoms with Gasteiger partial charge in [0, 0.05) is 16.1 Å². The molecule has 19 heavy (non-hydrogen) atoms. The molecule has 0 fully saturated rings. The standard InChI is InChI=1S/C12H10ClF3N2S/c1-17-10(7-3-2-4-8(13)5-7)9-6-18-11(19-9)12(14,15)16/h2-6,10,17H,1H3. The van der Waals surface area contributed by atoms with Crippen LogP contribution >= 0.6 is 22.9 Å². The van der Waals surface area contributed by atoms with E-state index in [9.17, 15) is 13.2 Å². The van der Waals surface area contributed by atoms with Crippen molar-refractivity contribution >= 4 is 22.9 Å². The Bertz CT molecular complexity index is 568. The van der Waals surface area contributed by atoms with Gasteiger partial charge in [0.15, 0.2) is 5.01 Å². The highest BCUT2D eigenvalue weighted by molar-refractivity contribution is 7.11. The highest BCUT2D eigenvalue weighted by atomic mass is 35.5. The van der Waals surface area contributed by atoms with E-state index >= 15 is 0 Å². The fourth-order valence-corrected chi connectivity index (χ4v) is 2.83. The van der Waals surface area contributed by atoms with Gasteiger partial charge in [0.2, 0.25) is 0 Å². The Labute approximate surface area is 117 Å². The summed E-state index contributed by atoms with van der Waals surface area (Å²) in [6, 6.07) is 6.64. The van der Waals surface area contributed by atoms with E-state index in [0.29, 0.717) is 21.2 Å². The molecule has 1 heterocycles. The van der Waals surface area contributed by atoms with Crippen molar-refractivity contribution < 1.29 is 13.2 Å². The van der Waals surface area contributed by atoms with E-state index in [-0.39, 0.29) is 6.04 Å². The van der Waals surface area contributed by atoms with Crippen LogP contribution in [-0.2, 0) is 6.18 Å². The van der Waals surface area contributed by atoms with Crippen molar-refractivity contribution in [2.75, 3.05) is 7.05 Å². The van der Waals surface area contributed by atoms with Gasteiger partial charge in [0.05, 0.1) is 6.04 Å². The van der Waals surface area contributed by atoms with Crippen molar-refractivity contribution in [1.82, 2.24) is 10.3 Å². The molecule has 0 saturated carbocycles. The molecule has 2 nitrogen and oxygen atoms in total. The number of aromatic nitrogens is 1. The van der Waals surface area contributed by atoms with Crippen molar-refractivity contribution in [3.8, 4) is 0 Å². The Kier molecular flexibility index (Phi) is 4.13. The SMILES string of the molecule is CNC(c1cccc(Cl)c1)c1cnc(C(F)(F)F)s1. The van der Waals surface area contributed by atoms with Gasteiger partial charge in [-0.3, -0.25) is 0 Å². The number of rotatable bonds is 3. The third-order valence-corrected chi connectivity index (χ3v) is 3.86. The number of nitrogens with zero attached hydrogens (tertiary/aromatic N) is 1. The molecule has 102 valence electrons. The van der Waals surface area contributed by atoms with Gasteiger partial charge in [-0.05, 0) is 24.7 Å². The summed E-state index contributed by atoms with van der Waals surface area (Å²) in [6.07, 6.45) is -3.16. The van der Waals surface area contributed by atoms with Crippen LogP contribution in [0.3, 0.4) is 0 Å². The van der Waals surface area contributed by atoms with Gasteiger partial charge in [-0.25, -0.2) is 4.98 Å². The summed E-state index contributed by atoms with van der Waals surface area (Å²) in [5, 5.41) is 2.67. The molecule has 0 saturated heterocycles. The van der Waals surface area contributed by atoms with Crippen molar-refractivity contribution in [2.24, 2.45) is 0 Å². The van der Waals surface area contributed by atoms with Crippen LogP contribution in [-0.4, -0.2) is 12.0 Å². The fraction of sp³-hybridized carbons (Fsp3) is 0.250. The van der Waals surface area contributed by atoms with Crippen molar-refractivity contribution in [3.05, 3.63) is 50.9 Å². The summed E-state index contributed by atoms with van der Waals surface area (Å²) >= 11 is 6.52. The number of benzene rings is 1. The third-order valence-electron chi connectivity index (χ3n) is 2.52. The molecule has 1 N–H and O–H groups in total. The lowest BCUT2D eigenvalue weighted by Crippen LogP contribution is -2.16. The Morgan fingerprint density at radius 1 is 1.37 bits per heavy atom. The Morgan fingerprint density at radius 3 is 2.63 bits per heavy atom. The number of halogens is 4. The predicted octanol–water partition coefficient (Wildman–Crippen LogP) is 4.12. The van der Waals surface area contributed by atoms with Gasteiger partial charge in [0.1, 0.15) is 0 Å². The largest absolute Gasteiger partial charge is 0.443 e. The lowest BCUT2D eigenvalue weighted by Gasteiger charge is -2.14. The van der Waals surface area contributed by atoms with Gasteiger partial charge >= 0.3 is 6.18 Å². The van der Waals surface area contributed by atoms with Crippen LogP contribution in [0.1, 0.15) is 21.5 Å². The minimum atomic E-state index is -4.41. The maximum atomic E-state index is 12.5. The van der Waals surface area contributed by atoms with Gasteiger partial charge in [-0.15, -0.1) is 11.3 Å². The lowest BCUT2D eigenvalue weighted by molar-refractivity contribution is -0.137. The topological polar surface area (TPSA) is 24.9 Å². The number of hydrogen-bond acceptors (Lipinski definition) is 3. The predicted molar refractivity (Wildman–Crippen MR) is 69.5 cm³/mol. The second-order valence-electron chi connectivity index (χ2n) is 3.84. The highest BCUT2D eigenvalue weighted by Crippen LogP contribution is 2.36. The normalized spacial score (nSPS) is 13.5.